The number of halogens is 1. The van der Waals surface area contributed by atoms with Crippen LogP contribution in [-0.4, -0.2) is 34.2 Å². The molecule has 0 bridgehead atoms. The number of methoxy groups -OCH3 is 1. The van der Waals surface area contributed by atoms with Crippen molar-refractivity contribution in [3.63, 3.8) is 0 Å². The number of rotatable bonds is 4. The molecule has 6 nitrogen and oxygen atoms in total. The van der Waals surface area contributed by atoms with Crippen LogP contribution in [0.15, 0.2) is 42.6 Å². The van der Waals surface area contributed by atoms with Gasteiger partial charge in [-0.25, -0.2) is 14.0 Å². The average Bonchev–Trinajstić information content (AvgIpc) is 2.62. The summed E-state index contributed by atoms with van der Waals surface area (Å²) in [7, 11) is 1.09. The number of carbonyl (C=O) groups is 2. The first-order chi connectivity index (χ1) is 12.4. The number of phenolic OH excluding ortho intramolecular Hbond substituents is 1. The number of esters is 1. The van der Waals surface area contributed by atoms with Crippen molar-refractivity contribution in [1.29, 1.82) is 0 Å². The van der Waals surface area contributed by atoms with Crippen molar-refractivity contribution in [1.82, 2.24) is 4.98 Å². The van der Waals surface area contributed by atoms with Crippen LogP contribution in [0, 0.1) is 5.82 Å². The summed E-state index contributed by atoms with van der Waals surface area (Å²) in [5.41, 5.74) is 0.874. The number of fused-ring (bicyclic) bond motifs is 1. The van der Waals surface area contributed by atoms with Gasteiger partial charge in [0.1, 0.15) is 16.9 Å². The Morgan fingerprint density at radius 3 is 2.46 bits per heavy atom. The topological polar surface area (TPSA) is 96.7 Å². The standard InChI is InChI=1S/C19H14FNO5/c1-26-19(25)15-14(18(23)24)8-12-7-11(9-21-16(12)17(15)22)6-10-2-4-13(20)5-3-10/h2-5,7-9,22H,6H2,1H3,(H,23,24). The third kappa shape index (κ3) is 3.19. The lowest BCUT2D eigenvalue weighted by atomic mass is 9.99. The van der Waals surface area contributed by atoms with Crippen molar-refractivity contribution in [2.45, 2.75) is 6.42 Å². The van der Waals surface area contributed by atoms with Gasteiger partial charge < -0.3 is 14.9 Å². The molecule has 0 saturated carbocycles. The second-order valence-electron chi connectivity index (χ2n) is 5.66. The van der Waals surface area contributed by atoms with Gasteiger partial charge in [-0.2, -0.15) is 0 Å². The zero-order chi connectivity index (χ0) is 18.8. The van der Waals surface area contributed by atoms with E-state index in [1.807, 2.05) is 0 Å². The fraction of sp³-hybridized carbons (Fsp3) is 0.105. The number of hydrogen-bond acceptors (Lipinski definition) is 5. The highest BCUT2D eigenvalue weighted by Crippen LogP contribution is 2.32. The largest absolute Gasteiger partial charge is 0.505 e. The normalized spacial score (nSPS) is 10.7. The Kier molecular flexibility index (Phi) is 4.53. The van der Waals surface area contributed by atoms with Gasteiger partial charge in [-0.15, -0.1) is 0 Å². The number of aromatic nitrogens is 1. The van der Waals surface area contributed by atoms with Crippen molar-refractivity contribution < 1.29 is 28.9 Å². The van der Waals surface area contributed by atoms with Gasteiger partial charge in [0.15, 0.2) is 5.75 Å². The van der Waals surface area contributed by atoms with E-state index in [-0.39, 0.29) is 16.9 Å². The molecule has 0 fully saturated rings. The molecule has 132 valence electrons. The third-order valence-corrected chi connectivity index (χ3v) is 3.95. The maximum atomic E-state index is 13.0. The van der Waals surface area contributed by atoms with Crippen LogP contribution >= 0.6 is 0 Å². The second kappa shape index (κ2) is 6.79. The van der Waals surface area contributed by atoms with Crippen LogP contribution in [0.4, 0.5) is 4.39 Å². The highest BCUT2D eigenvalue weighted by atomic mass is 19.1. The number of aromatic hydroxyl groups is 1. The van der Waals surface area contributed by atoms with Crippen LogP contribution in [0.5, 0.6) is 5.75 Å². The van der Waals surface area contributed by atoms with Gasteiger partial charge in [0.2, 0.25) is 0 Å². The minimum absolute atomic E-state index is 0.0956. The molecule has 0 unspecified atom stereocenters. The number of aromatic carboxylic acids is 1. The SMILES string of the molecule is COC(=O)c1c(C(=O)O)cc2cc(Cc3ccc(F)cc3)cnc2c1O. The molecule has 0 aliphatic rings. The van der Waals surface area contributed by atoms with E-state index in [1.165, 1.54) is 24.4 Å². The Morgan fingerprint density at radius 1 is 1.15 bits per heavy atom. The quantitative estimate of drug-likeness (QED) is 0.698. The van der Waals surface area contributed by atoms with Gasteiger partial charge in [0.25, 0.3) is 0 Å². The molecular formula is C19H14FNO5. The molecule has 3 aromatic rings. The summed E-state index contributed by atoms with van der Waals surface area (Å²) in [6.07, 6.45) is 1.96. The number of benzene rings is 2. The molecule has 0 amide bonds. The summed E-state index contributed by atoms with van der Waals surface area (Å²) in [6.45, 7) is 0. The number of carboxylic acid groups (broad SMARTS) is 1. The Balaban J connectivity index is 2.10. The van der Waals surface area contributed by atoms with Crippen LogP contribution in [-0.2, 0) is 11.2 Å². The van der Waals surface area contributed by atoms with Crippen molar-refractivity contribution >= 4 is 22.8 Å². The minimum atomic E-state index is -1.37. The second-order valence-corrected chi connectivity index (χ2v) is 5.66. The first kappa shape index (κ1) is 17.3. The summed E-state index contributed by atoms with van der Waals surface area (Å²) in [4.78, 5) is 27.5. The zero-order valence-corrected chi connectivity index (χ0v) is 13.7. The van der Waals surface area contributed by atoms with Gasteiger partial charge >= 0.3 is 11.9 Å². The molecule has 0 atom stereocenters. The van der Waals surface area contributed by atoms with Crippen molar-refractivity contribution in [3.05, 3.63) is 70.7 Å². The van der Waals surface area contributed by atoms with E-state index in [4.69, 9.17) is 0 Å². The number of phenols is 1. The monoisotopic (exact) mass is 355 g/mol. The molecule has 0 spiro atoms. The number of carboxylic acids is 1. The van der Waals surface area contributed by atoms with E-state index in [1.54, 1.807) is 18.2 Å². The number of hydrogen-bond donors (Lipinski definition) is 2. The molecule has 3 rings (SSSR count). The van der Waals surface area contributed by atoms with Crippen molar-refractivity contribution in [2.24, 2.45) is 0 Å². The van der Waals surface area contributed by atoms with Crippen molar-refractivity contribution in [3.8, 4) is 5.75 Å². The molecular weight excluding hydrogens is 341 g/mol. The van der Waals surface area contributed by atoms with Crippen LogP contribution in [0.2, 0.25) is 0 Å². The number of pyridine rings is 1. The summed E-state index contributed by atoms with van der Waals surface area (Å²) in [5, 5.41) is 20.0. The van der Waals surface area contributed by atoms with E-state index >= 15 is 0 Å². The maximum Gasteiger partial charge on any atom is 0.342 e. The van der Waals surface area contributed by atoms with Crippen LogP contribution < -0.4 is 0 Å². The molecule has 0 aliphatic heterocycles. The molecule has 1 aromatic heterocycles. The Hall–Kier alpha value is -3.48. The van der Waals surface area contributed by atoms with Gasteiger partial charge in [-0.3, -0.25) is 4.98 Å². The van der Waals surface area contributed by atoms with E-state index in [9.17, 15) is 24.2 Å². The predicted molar refractivity (Wildman–Crippen MR) is 90.9 cm³/mol. The van der Waals surface area contributed by atoms with E-state index in [2.05, 4.69) is 9.72 Å². The van der Waals surface area contributed by atoms with Gasteiger partial charge in [0, 0.05) is 11.6 Å². The minimum Gasteiger partial charge on any atom is -0.505 e. The molecule has 1 heterocycles. The van der Waals surface area contributed by atoms with Crippen LogP contribution in [0.25, 0.3) is 10.9 Å². The molecule has 2 aromatic carbocycles. The molecule has 0 radical (unpaired) electrons. The maximum absolute atomic E-state index is 13.0. The average molecular weight is 355 g/mol. The van der Waals surface area contributed by atoms with Gasteiger partial charge in [-0.05, 0) is 41.8 Å². The lowest BCUT2D eigenvalue weighted by Gasteiger charge is -2.11. The third-order valence-electron chi connectivity index (χ3n) is 3.95. The fourth-order valence-electron chi connectivity index (χ4n) is 2.72. The highest BCUT2D eigenvalue weighted by Gasteiger charge is 2.24. The van der Waals surface area contributed by atoms with Crippen LogP contribution in [0.3, 0.4) is 0 Å². The Bertz CT molecular complexity index is 1010. The number of nitrogens with zero attached hydrogens (tertiary/aromatic N) is 1. The summed E-state index contributed by atoms with van der Waals surface area (Å²) < 4.78 is 17.5. The molecule has 26 heavy (non-hydrogen) atoms. The Morgan fingerprint density at radius 2 is 1.85 bits per heavy atom. The van der Waals surface area contributed by atoms with Gasteiger partial charge in [-0.1, -0.05) is 12.1 Å². The van der Waals surface area contributed by atoms with E-state index in [0.29, 0.717) is 11.8 Å². The van der Waals surface area contributed by atoms with Gasteiger partial charge in [0.05, 0.1) is 12.7 Å². The Labute approximate surface area is 147 Å². The molecule has 7 heteroatoms. The summed E-state index contributed by atoms with van der Waals surface area (Å²) >= 11 is 0. The molecule has 2 N–H and O–H groups in total. The number of carbonyl (C=O) groups excluding carboxylic acids is 1. The first-order valence-corrected chi connectivity index (χ1v) is 7.61. The lowest BCUT2D eigenvalue weighted by molar-refractivity contribution is 0.0579. The predicted octanol–water partition coefficient (Wildman–Crippen LogP) is 3.16. The first-order valence-electron chi connectivity index (χ1n) is 7.61. The lowest BCUT2D eigenvalue weighted by Crippen LogP contribution is -2.11. The van der Waals surface area contributed by atoms with E-state index < -0.39 is 23.3 Å². The van der Waals surface area contributed by atoms with E-state index in [0.717, 1.165) is 18.2 Å². The highest BCUT2D eigenvalue weighted by molar-refractivity contribution is 6.09. The molecule has 0 saturated heterocycles. The zero-order valence-electron chi connectivity index (χ0n) is 13.7. The van der Waals surface area contributed by atoms with Crippen molar-refractivity contribution in [2.75, 3.05) is 7.11 Å². The summed E-state index contributed by atoms with van der Waals surface area (Å²) in [6, 6.07) is 8.91. The fourth-order valence-corrected chi connectivity index (χ4v) is 2.72. The number of ether oxygens (including phenoxy) is 1. The smallest absolute Gasteiger partial charge is 0.342 e. The van der Waals surface area contributed by atoms with Crippen LogP contribution in [0.1, 0.15) is 31.8 Å². The molecule has 0 aliphatic carbocycles. The summed E-state index contributed by atoms with van der Waals surface area (Å²) in [5.74, 6) is -3.21.